The molecule has 0 aromatic heterocycles. The van der Waals surface area contributed by atoms with Crippen molar-refractivity contribution < 1.29 is 30.5 Å². The highest BCUT2D eigenvalue weighted by Gasteiger charge is 2.26. The zero-order valence-corrected chi connectivity index (χ0v) is 12.5. The number of amides is 4. The summed E-state index contributed by atoms with van der Waals surface area (Å²) in [6.07, 6.45) is -0.594. The fourth-order valence-corrected chi connectivity index (χ4v) is 1.43. The predicted octanol–water partition coefficient (Wildman–Crippen LogP) is -2.54. The minimum Gasteiger partial charge on any atom is -0.480 e. The monoisotopic (exact) mass is 317 g/mol. The van der Waals surface area contributed by atoms with Crippen molar-refractivity contribution in [2.24, 2.45) is 5.73 Å². The highest BCUT2D eigenvalue weighted by Crippen LogP contribution is 1.94. The van der Waals surface area contributed by atoms with E-state index in [9.17, 15) is 24.0 Å². The molecule has 3 atom stereocenters. The zero-order valence-electron chi connectivity index (χ0n) is 13.5. The van der Waals surface area contributed by atoms with Crippen molar-refractivity contribution in [3.8, 4) is 0 Å². The van der Waals surface area contributed by atoms with Crippen LogP contribution in [-0.2, 0) is 24.0 Å². The predicted molar refractivity (Wildman–Crippen MR) is 74.3 cm³/mol. The Hall–Kier alpha value is -2.65. The van der Waals surface area contributed by atoms with Crippen molar-refractivity contribution in [2.75, 3.05) is 0 Å². The molecule has 0 saturated heterocycles. The largest absolute Gasteiger partial charge is 0.480 e. The van der Waals surface area contributed by atoms with Crippen LogP contribution >= 0.6 is 0 Å². The number of primary amides is 1. The average molecular weight is 317 g/mol. The first-order valence-corrected chi connectivity index (χ1v) is 6.37. The lowest BCUT2D eigenvalue weighted by molar-refractivity contribution is -0.143. The molecular weight excluding hydrogens is 296 g/mol. The van der Waals surface area contributed by atoms with Gasteiger partial charge in [0.15, 0.2) is 1.41 Å². The van der Waals surface area contributed by atoms with Crippen LogP contribution in [0.4, 0.5) is 0 Å². The molecule has 0 fully saturated rings. The molecule has 124 valence electrons. The van der Waals surface area contributed by atoms with E-state index >= 15 is 0 Å². The van der Waals surface area contributed by atoms with Gasteiger partial charge in [-0.25, -0.2) is 4.79 Å². The standard InChI is InChI=1S/C12H20N4O6/c1-5(14-7(3)17)10(19)15-6(2)11(20)16-8(12(21)22)4-9(13)18/h5-6,8H,4H2,1-3H3,(H2,13,18)(H,14,17)(H,15,19)(H,16,20)(H,21,22)/t5-,6-,8-/m0/s1/i/hD. The minimum atomic E-state index is -1.51. The van der Waals surface area contributed by atoms with Gasteiger partial charge >= 0.3 is 5.97 Å². The maximum Gasteiger partial charge on any atom is 0.326 e. The molecule has 10 heteroatoms. The van der Waals surface area contributed by atoms with Crippen LogP contribution in [0.5, 0.6) is 0 Å². The third-order valence-corrected chi connectivity index (χ3v) is 2.53. The number of carbonyl (C=O) groups excluding carboxylic acids is 4. The van der Waals surface area contributed by atoms with Crippen molar-refractivity contribution >= 4 is 29.6 Å². The second kappa shape index (κ2) is 8.60. The summed E-state index contributed by atoms with van der Waals surface area (Å²) in [7, 11) is 0. The maximum absolute atomic E-state index is 11.8. The fourth-order valence-electron chi connectivity index (χ4n) is 1.43. The van der Waals surface area contributed by atoms with E-state index in [2.05, 4.69) is 10.6 Å². The number of carboxylic acids is 1. The second-order valence-corrected chi connectivity index (χ2v) is 4.62. The number of nitrogens with two attached hydrogens (primary N) is 1. The van der Waals surface area contributed by atoms with Crippen LogP contribution < -0.4 is 21.7 Å². The van der Waals surface area contributed by atoms with Crippen LogP contribution in [0, 0.1) is 0 Å². The fraction of sp³-hybridized carbons (Fsp3) is 0.583. The summed E-state index contributed by atoms with van der Waals surface area (Å²) < 4.78 is 7.35. The van der Waals surface area contributed by atoms with Gasteiger partial charge in [-0.3, -0.25) is 19.2 Å². The highest BCUT2D eigenvalue weighted by atomic mass is 16.4. The minimum absolute atomic E-state index is 0.438. The number of carboxylic acid groups (broad SMARTS) is 1. The van der Waals surface area contributed by atoms with Gasteiger partial charge in [-0.05, 0) is 13.8 Å². The SMILES string of the molecule is [2H]N(C(C)=O)[C@@H](C)C(=O)N[C@@H](C)C(=O)N[C@@H](CC(N)=O)C(=O)O. The van der Waals surface area contributed by atoms with Crippen molar-refractivity contribution in [1.29, 1.82) is 0 Å². The molecule has 22 heavy (non-hydrogen) atoms. The van der Waals surface area contributed by atoms with Gasteiger partial charge in [-0.15, -0.1) is 0 Å². The molecule has 0 aliphatic carbocycles. The zero-order chi connectivity index (χ0) is 18.3. The molecule has 10 nitrogen and oxygen atoms in total. The molecular formula is C12H20N4O6. The van der Waals surface area contributed by atoms with Gasteiger partial charge in [-0.2, -0.15) is 0 Å². The Morgan fingerprint density at radius 2 is 1.59 bits per heavy atom. The number of rotatable bonds is 8. The van der Waals surface area contributed by atoms with Crippen molar-refractivity contribution in [1.82, 2.24) is 15.9 Å². The Morgan fingerprint density at radius 1 is 1.09 bits per heavy atom. The molecule has 0 aliphatic heterocycles. The van der Waals surface area contributed by atoms with E-state index in [1.165, 1.54) is 13.8 Å². The summed E-state index contributed by atoms with van der Waals surface area (Å²) in [5.41, 5.74) is 4.88. The second-order valence-electron chi connectivity index (χ2n) is 4.62. The number of aliphatic carboxylic acids is 1. The lowest BCUT2D eigenvalue weighted by Gasteiger charge is -2.20. The molecule has 0 aliphatic rings. The average Bonchev–Trinajstić information content (AvgIpc) is 2.43. The molecule has 0 aromatic rings. The summed E-state index contributed by atoms with van der Waals surface area (Å²) in [5, 5.41) is 13.6. The van der Waals surface area contributed by atoms with E-state index in [4.69, 9.17) is 12.3 Å². The van der Waals surface area contributed by atoms with Crippen molar-refractivity contribution in [2.45, 2.75) is 45.3 Å². The highest BCUT2D eigenvalue weighted by molar-refractivity contribution is 5.93. The Bertz CT molecular complexity index is 512. The molecule has 4 amide bonds. The van der Waals surface area contributed by atoms with Gasteiger partial charge in [0.25, 0.3) is 0 Å². The summed E-state index contributed by atoms with van der Waals surface area (Å²) in [6, 6.07) is -3.79. The molecule has 0 spiro atoms. The number of hydrogen-bond donors (Lipinski definition) is 5. The Labute approximate surface area is 128 Å². The smallest absolute Gasteiger partial charge is 0.326 e. The molecule has 0 radical (unpaired) electrons. The Morgan fingerprint density at radius 3 is 2.00 bits per heavy atom. The van der Waals surface area contributed by atoms with Gasteiger partial charge < -0.3 is 26.8 Å². The lowest BCUT2D eigenvalue weighted by Crippen LogP contribution is -2.54. The van der Waals surface area contributed by atoms with E-state index < -0.39 is 54.1 Å². The molecule has 0 aromatic carbocycles. The summed E-state index contributed by atoms with van der Waals surface area (Å²) in [6.45, 7) is 3.68. The third-order valence-electron chi connectivity index (χ3n) is 2.53. The molecule has 6 N–H and O–H groups in total. The Kier molecular flexibility index (Phi) is 6.80. The van der Waals surface area contributed by atoms with E-state index in [1.807, 2.05) is 0 Å². The summed E-state index contributed by atoms with van der Waals surface area (Å²) >= 11 is 0. The molecule has 0 heterocycles. The maximum atomic E-state index is 11.8. The quantitative estimate of drug-likeness (QED) is 0.330. The van der Waals surface area contributed by atoms with E-state index in [0.29, 0.717) is 5.31 Å². The van der Waals surface area contributed by atoms with Crippen LogP contribution in [-0.4, -0.2) is 52.8 Å². The van der Waals surface area contributed by atoms with Crippen LogP contribution in [0.15, 0.2) is 0 Å². The van der Waals surface area contributed by atoms with Gasteiger partial charge in [0.2, 0.25) is 23.6 Å². The van der Waals surface area contributed by atoms with Gasteiger partial charge in [0.05, 0.1) is 6.42 Å². The topological polar surface area (TPSA) is 168 Å². The summed E-state index contributed by atoms with van der Waals surface area (Å²) in [5.74, 6) is -4.62. The van der Waals surface area contributed by atoms with Gasteiger partial charge in [-0.1, -0.05) is 0 Å². The first-order valence-electron chi connectivity index (χ1n) is 6.82. The number of carbonyl (C=O) groups is 5. The third kappa shape index (κ3) is 7.22. The lowest BCUT2D eigenvalue weighted by atomic mass is 10.1. The first kappa shape index (κ1) is 17.4. The number of hydrogen-bond acceptors (Lipinski definition) is 5. The van der Waals surface area contributed by atoms with E-state index in [1.54, 1.807) is 0 Å². The van der Waals surface area contributed by atoms with Gasteiger partial charge in [0.1, 0.15) is 18.1 Å². The summed E-state index contributed by atoms with van der Waals surface area (Å²) in [4.78, 5) is 56.3. The normalized spacial score (nSPS) is 14.8. The Balaban J connectivity index is 4.71. The van der Waals surface area contributed by atoms with Crippen LogP contribution in [0.1, 0.15) is 27.2 Å². The van der Waals surface area contributed by atoms with Gasteiger partial charge in [0, 0.05) is 6.92 Å². The van der Waals surface area contributed by atoms with Crippen LogP contribution in [0.3, 0.4) is 0 Å². The van der Waals surface area contributed by atoms with E-state index in [0.717, 1.165) is 6.92 Å². The molecule has 0 unspecified atom stereocenters. The first-order chi connectivity index (χ1) is 10.5. The van der Waals surface area contributed by atoms with Crippen LogP contribution in [0.2, 0.25) is 1.41 Å². The van der Waals surface area contributed by atoms with Crippen molar-refractivity contribution in [3.05, 3.63) is 0 Å². The van der Waals surface area contributed by atoms with E-state index in [-0.39, 0.29) is 0 Å². The van der Waals surface area contributed by atoms with Crippen LogP contribution in [0.25, 0.3) is 0 Å². The van der Waals surface area contributed by atoms with Crippen molar-refractivity contribution in [3.63, 3.8) is 0 Å². The molecule has 0 bridgehead atoms. The molecule has 0 rings (SSSR count). The number of nitrogens with one attached hydrogen (secondary N) is 3. The molecule has 0 saturated carbocycles.